The molecule has 0 saturated heterocycles. The number of aryl methyl sites for hydroxylation is 2. The summed E-state index contributed by atoms with van der Waals surface area (Å²) in [4.78, 5) is 14.8. The Balaban J connectivity index is 1.28. The normalized spacial score (nSPS) is 11.7. The van der Waals surface area contributed by atoms with E-state index >= 15 is 0 Å². The average molecular weight is 428 g/mol. The number of benzene rings is 2. The summed E-state index contributed by atoms with van der Waals surface area (Å²) in [6.07, 6.45) is 1.73. The van der Waals surface area contributed by atoms with Crippen molar-refractivity contribution < 1.29 is 4.52 Å². The summed E-state index contributed by atoms with van der Waals surface area (Å²) in [5, 5.41) is 13.5. The van der Waals surface area contributed by atoms with E-state index in [1.807, 2.05) is 65.1 Å². The fraction of sp³-hybridized carbons (Fsp3) is 0.250. The lowest BCUT2D eigenvalue weighted by Crippen LogP contribution is -2.23. The van der Waals surface area contributed by atoms with Crippen molar-refractivity contribution >= 4 is 16.7 Å². The van der Waals surface area contributed by atoms with Crippen molar-refractivity contribution in [2.45, 2.75) is 19.4 Å². The van der Waals surface area contributed by atoms with Gasteiger partial charge in [-0.2, -0.15) is 0 Å². The lowest BCUT2D eigenvalue weighted by molar-refractivity contribution is 0.304. The molecule has 0 atom stereocenters. The van der Waals surface area contributed by atoms with Crippen LogP contribution in [0.4, 0.5) is 0 Å². The maximum atomic E-state index is 12.6. The third kappa shape index (κ3) is 3.69. The molecule has 0 spiro atoms. The molecule has 0 aliphatic carbocycles. The number of hydrogen-bond acceptors (Lipinski definition) is 6. The molecule has 0 aliphatic heterocycles. The van der Waals surface area contributed by atoms with Crippen LogP contribution in [0.25, 0.3) is 27.9 Å². The molecule has 8 nitrogen and oxygen atoms in total. The van der Waals surface area contributed by atoms with Crippen LogP contribution < -0.4 is 5.56 Å². The number of para-hydroxylation sites is 1. The summed E-state index contributed by atoms with van der Waals surface area (Å²) in [6, 6.07) is 19.6. The molecule has 5 aromatic rings. The highest BCUT2D eigenvalue weighted by Crippen LogP contribution is 2.19. The summed E-state index contributed by atoms with van der Waals surface area (Å²) in [7, 11) is 3.79. The van der Waals surface area contributed by atoms with Gasteiger partial charge in [0, 0.05) is 25.1 Å². The van der Waals surface area contributed by atoms with Gasteiger partial charge in [0.1, 0.15) is 11.5 Å². The third-order valence-corrected chi connectivity index (χ3v) is 5.70. The minimum Gasteiger partial charge on any atom is -0.361 e. The first kappa shape index (κ1) is 20.1. The molecule has 3 heterocycles. The van der Waals surface area contributed by atoms with Gasteiger partial charge in [0.05, 0.1) is 17.4 Å². The van der Waals surface area contributed by atoms with Gasteiger partial charge in [-0.15, -0.1) is 10.2 Å². The van der Waals surface area contributed by atoms with Gasteiger partial charge in [-0.05, 0) is 32.1 Å². The number of aromatic nitrogens is 5. The zero-order chi connectivity index (χ0) is 22.1. The molecule has 3 aromatic heterocycles. The predicted molar refractivity (Wildman–Crippen MR) is 122 cm³/mol. The number of fused-ring (bicyclic) bond motifs is 3. The first-order valence-corrected chi connectivity index (χ1v) is 10.6. The first-order valence-electron chi connectivity index (χ1n) is 10.6. The number of rotatable bonds is 7. The Labute approximate surface area is 184 Å². The van der Waals surface area contributed by atoms with E-state index in [9.17, 15) is 4.79 Å². The van der Waals surface area contributed by atoms with Crippen LogP contribution in [-0.2, 0) is 20.0 Å². The van der Waals surface area contributed by atoms with Crippen molar-refractivity contribution in [1.29, 1.82) is 0 Å². The van der Waals surface area contributed by atoms with Crippen LogP contribution in [0.5, 0.6) is 0 Å². The molecular formula is C24H24N6O2. The minimum absolute atomic E-state index is 0.0673. The summed E-state index contributed by atoms with van der Waals surface area (Å²) >= 11 is 0. The second kappa shape index (κ2) is 8.39. The van der Waals surface area contributed by atoms with Crippen molar-refractivity contribution in [2.24, 2.45) is 7.05 Å². The highest BCUT2D eigenvalue weighted by Gasteiger charge is 2.15. The average Bonchev–Trinajstić information content (AvgIpc) is 3.46. The SMILES string of the molecule is CN(CCCc1cc(-c2ccccc2)no1)Cc1nnc2n(C)c(=O)c3ccccc3n12. The molecule has 0 radical (unpaired) electrons. The fourth-order valence-corrected chi connectivity index (χ4v) is 4.01. The van der Waals surface area contributed by atoms with Gasteiger partial charge in [0.2, 0.25) is 5.78 Å². The molecule has 8 heteroatoms. The maximum absolute atomic E-state index is 12.6. The summed E-state index contributed by atoms with van der Waals surface area (Å²) < 4.78 is 9.03. The van der Waals surface area contributed by atoms with Crippen LogP contribution in [0.3, 0.4) is 0 Å². The third-order valence-electron chi connectivity index (χ3n) is 5.70. The molecule has 0 saturated carbocycles. The Bertz CT molecular complexity index is 1430. The maximum Gasteiger partial charge on any atom is 0.262 e. The van der Waals surface area contributed by atoms with Gasteiger partial charge >= 0.3 is 0 Å². The second-order valence-electron chi connectivity index (χ2n) is 8.02. The Morgan fingerprint density at radius 3 is 2.66 bits per heavy atom. The van der Waals surface area contributed by atoms with Crippen LogP contribution in [0.2, 0.25) is 0 Å². The van der Waals surface area contributed by atoms with Crippen molar-refractivity contribution in [3.63, 3.8) is 0 Å². The number of hydrogen-bond donors (Lipinski definition) is 0. The smallest absolute Gasteiger partial charge is 0.262 e. The Hall–Kier alpha value is -3.78. The topological polar surface area (TPSA) is 81.5 Å². The zero-order valence-electron chi connectivity index (χ0n) is 18.1. The molecule has 0 bridgehead atoms. The monoisotopic (exact) mass is 428 g/mol. The van der Waals surface area contributed by atoms with E-state index in [1.165, 1.54) is 0 Å². The standard InChI is InChI=1S/C24H24N6O2/c1-28(14-8-11-18-15-20(27-32-18)17-9-4-3-5-10-17)16-22-25-26-24-29(2)23(31)19-12-6-7-13-21(19)30(22)24/h3-7,9-10,12-13,15H,8,11,14,16H2,1-2H3. The first-order chi connectivity index (χ1) is 15.6. The molecule has 0 unspecified atom stereocenters. The van der Waals surface area contributed by atoms with Crippen molar-refractivity contribution in [1.82, 2.24) is 29.2 Å². The molecule has 2 aromatic carbocycles. The Morgan fingerprint density at radius 2 is 1.81 bits per heavy atom. The Morgan fingerprint density at radius 1 is 1.03 bits per heavy atom. The van der Waals surface area contributed by atoms with Crippen LogP contribution in [0, 0.1) is 0 Å². The predicted octanol–water partition coefficient (Wildman–Crippen LogP) is 3.30. The highest BCUT2D eigenvalue weighted by molar-refractivity contribution is 5.80. The summed E-state index contributed by atoms with van der Waals surface area (Å²) in [6.45, 7) is 1.48. The molecule has 0 fully saturated rings. The molecular weight excluding hydrogens is 404 g/mol. The van der Waals surface area contributed by atoms with Crippen LogP contribution in [-0.4, -0.2) is 42.8 Å². The molecule has 0 amide bonds. The van der Waals surface area contributed by atoms with Gasteiger partial charge in [-0.3, -0.25) is 18.7 Å². The van der Waals surface area contributed by atoms with Gasteiger partial charge in [0.25, 0.3) is 5.56 Å². The minimum atomic E-state index is -0.0673. The van der Waals surface area contributed by atoms with E-state index in [0.717, 1.165) is 47.7 Å². The van der Waals surface area contributed by atoms with E-state index in [4.69, 9.17) is 4.52 Å². The number of nitrogens with zero attached hydrogens (tertiary/aromatic N) is 6. The zero-order valence-corrected chi connectivity index (χ0v) is 18.1. The van der Waals surface area contributed by atoms with Crippen molar-refractivity contribution in [3.05, 3.63) is 82.6 Å². The fourth-order valence-electron chi connectivity index (χ4n) is 4.01. The summed E-state index contributed by atoms with van der Waals surface area (Å²) in [5.74, 6) is 2.23. The van der Waals surface area contributed by atoms with Crippen LogP contribution in [0.1, 0.15) is 18.0 Å². The van der Waals surface area contributed by atoms with E-state index in [1.54, 1.807) is 11.6 Å². The van der Waals surface area contributed by atoms with E-state index in [2.05, 4.69) is 27.3 Å². The summed E-state index contributed by atoms with van der Waals surface area (Å²) in [5.41, 5.74) is 2.68. The highest BCUT2D eigenvalue weighted by atomic mass is 16.5. The van der Waals surface area contributed by atoms with Crippen molar-refractivity contribution in [2.75, 3.05) is 13.6 Å². The molecule has 32 heavy (non-hydrogen) atoms. The van der Waals surface area contributed by atoms with E-state index < -0.39 is 0 Å². The van der Waals surface area contributed by atoms with Crippen LogP contribution in [0.15, 0.2) is 70.0 Å². The molecule has 5 rings (SSSR count). The van der Waals surface area contributed by atoms with Crippen molar-refractivity contribution in [3.8, 4) is 11.3 Å². The van der Waals surface area contributed by atoms with Crippen LogP contribution >= 0.6 is 0 Å². The lowest BCUT2D eigenvalue weighted by Gasteiger charge is -2.15. The van der Waals surface area contributed by atoms with Gasteiger partial charge < -0.3 is 4.52 Å². The van der Waals surface area contributed by atoms with Gasteiger partial charge in [-0.25, -0.2) is 0 Å². The second-order valence-corrected chi connectivity index (χ2v) is 8.02. The van der Waals surface area contributed by atoms with E-state index in [-0.39, 0.29) is 5.56 Å². The van der Waals surface area contributed by atoms with Gasteiger partial charge in [0.15, 0.2) is 5.82 Å². The lowest BCUT2D eigenvalue weighted by atomic mass is 10.1. The quantitative estimate of drug-likeness (QED) is 0.396. The van der Waals surface area contributed by atoms with Gasteiger partial charge in [-0.1, -0.05) is 47.6 Å². The molecule has 0 N–H and O–H groups in total. The largest absolute Gasteiger partial charge is 0.361 e. The molecule has 0 aliphatic rings. The Kier molecular flexibility index (Phi) is 5.28. The van der Waals surface area contributed by atoms with E-state index in [0.29, 0.717) is 17.7 Å². The molecule has 162 valence electrons.